The number of carbonyl (C=O) groups excluding carboxylic acids is 1. The minimum atomic E-state index is -0.0227. The largest absolute Gasteiger partial charge is 0.309 e. The Bertz CT molecular complexity index is 594. The smallest absolute Gasteiger partial charge is 0.258 e. The maximum atomic E-state index is 11.9. The van der Waals surface area contributed by atoms with Crippen LogP contribution in [0.3, 0.4) is 0 Å². The molecule has 0 aliphatic carbocycles. The lowest BCUT2D eigenvalue weighted by Gasteiger charge is -2.11. The molecule has 15 heavy (non-hydrogen) atoms. The van der Waals surface area contributed by atoms with Crippen LogP contribution in [0.1, 0.15) is 10.4 Å². The van der Waals surface area contributed by atoms with Crippen molar-refractivity contribution in [1.82, 2.24) is 4.98 Å². The monoisotopic (exact) mass is 218 g/mol. The fourth-order valence-corrected chi connectivity index (χ4v) is 2.28. The van der Waals surface area contributed by atoms with Gasteiger partial charge in [0.15, 0.2) is 0 Å². The molecule has 1 aromatic heterocycles. The summed E-state index contributed by atoms with van der Waals surface area (Å²) in [6.45, 7) is 0. The number of pyridine rings is 1. The predicted molar refractivity (Wildman–Crippen MR) is 59.5 cm³/mol. The van der Waals surface area contributed by atoms with E-state index in [2.05, 4.69) is 4.98 Å². The summed E-state index contributed by atoms with van der Waals surface area (Å²) in [5.74, 6) is -0.0227. The molecule has 1 aliphatic heterocycles. The second kappa shape index (κ2) is 2.70. The van der Waals surface area contributed by atoms with E-state index in [1.54, 1.807) is 30.3 Å². The summed E-state index contributed by atoms with van der Waals surface area (Å²) in [7, 11) is 1.73. The maximum Gasteiger partial charge on any atom is 0.258 e. The van der Waals surface area contributed by atoms with Crippen LogP contribution in [0, 0.1) is 0 Å². The van der Waals surface area contributed by atoms with Crippen molar-refractivity contribution in [1.29, 1.82) is 0 Å². The number of nitrogens with zero attached hydrogens (tertiary/aromatic N) is 2. The highest BCUT2D eigenvalue weighted by atomic mass is 35.5. The van der Waals surface area contributed by atoms with Crippen molar-refractivity contribution in [2.24, 2.45) is 0 Å². The molecular weight excluding hydrogens is 212 g/mol. The summed E-state index contributed by atoms with van der Waals surface area (Å²) >= 11 is 6.08. The highest BCUT2D eigenvalue weighted by molar-refractivity contribution is 6.38. The van der Waals surface area contributed by atoms with Crippen LogP contribution in [-0.2, 0) is 0 Å². The number of halogens is 1. The summed E-state index contributed by atoms with van der Waals surface area (Å²) in [5.41, 5.74) is 2.26. The van der Waals surface area contributed by atoms with Crippen LogP contribution in [0.4, 0.5) is 5.69 Å². The normalized spacial score (nSPS) is 14.0. The van der Waals surface area contributed by atoms with Gasteiger partial charge in [-0.25, -0.2) is 0 Å². The lowest BCUT2D eigenvalue weighted by atomic mass is 10.1. The van der Waals surface area contributed by atoms with E-state index < -0.39 is 0 Å². The van der Waals surface area contributed by atoms with Gasteiger partial charge in [-0.15, -0.1) is 0 Å². The zero-order valence-corrected chi connectivity index (χ0v) is 8.75. The van der Waals surface area contributed by atoms with Crippen molar-refractivity contribution in [2.75, 3.05) is 11.9 Å². The lowest BCUT2D eigenvalue weighted by molar-refractivity contribution is 0.0999. The molecular formula is C11H7ClN2O. The molecule has 2 aromatic rings. The number of amides is 1. The molecule has 1 aromatic carbocycles. The molecule has 2 heterocycles. The fourth-order valence-electron chi connectivity index (χ4n) is 1.99. The van der Waals surface area contributed by atoms with E-state index in [0.717, 1.165) is 16.6 Å². The molecule has 1 aliphatic rings. The highest BCUT2D eigenvalue weighted by Crippen LogP contribution is 2.40. The molecule has 0 N–H and O–H groups in total. The molecule has 3 rings (SSSR count). The van der Waals surface area contributed by atoms with Crippen LogP contribution in [-0.4, -0.2) is 17.9 Å². The molecule has 0 fully saturated rings. The number of carbonyl (C=O) groups is 1. The van der Waals surface area contributed by atoms with Crippen LogP contribution >= 0.6 is 11.6 Å². The SMILES string of the molecule is CN1C(=O)c2ccnc3ccc(Cl)c1c23. The van der Waals surface area contributed by atoms with E-state index in [9.17, 15) is 4.79 Å². The Hall–Kier alpha value is -1.61. The van der Waals surface area contributed by atoms with Gasteiger partial charge in [0.25, 0.3) is 5.91 Å². The number of hydrogen-bond donors (Lipinski definition) is 0. The average molecular weight is 219 g/mol. The van der Waals surface area contributed by atoms with Crippen LogP contribution in [0.15, 0.2) is 24.4 Å². The van der Waals surface area contributed by atoms with Crippen molar-refractivity contribution >= 4 is 34.1 Å². The van der Waals surface area contributed by atoms with Gasteiger partial charge in [-0.2, -0.15) is 0 Å². The number of hydrogen-bond acceptors (Lipinski definition) is 2. The second-order valence-corrected chi connectivity index (χ2v) is 3.92. The summed E-state index contributed by atoms with van der Waals surface area (Å²) in [6, 6.07) is 5.33. The third kappa shape index (κ3) is 0.957. The van der Waals surface area contributed by atoms with E-state index in [0.29, 0.717) is 10.6 Å². The summed E-state index contributed by atoms with van der Waals surface area (Å²) in [5, 5.41) is 1.45. The van der Waals surface area contributed by atoms with E-state index in [4.69, 9.17) is 11.6 Å². The summed E-state index contributed by atoms with van der Waals surface area (Å²) in [4.78, 5) is 17.7. The molecule has 4 heteroatoms. The van der Waals surface area contributed by atoms with Gasteiger partial charge in [0.1, 0.15) is 0 Å². The van der Waals surface area contributed by atoms with Crippen LogP contribution in [0.2, 0.25) is 5.02 Å². The molecule has 0 saturated carbocycles. The van der Waals surface area contributed by atoms with Gasteiger partial charge in [-0.3, -0.25) is 9.78 Å². The third-order valence-corrected chi connectivity index (χ3v) is 3.01. The Morgan fingerprint density at radius 1 is 1.33 bits per heavy atom. The molecule has 0 bridgehead atoms. The Morgan fingerprint density at radius 3 is 2.93 bits per heavy atom. The highest BCUT2D eigenvalue weighted by Gasteiger charge is 2.29. The number of aromatic nitrogens is 1. The van der Waals surface area contributed by atoms with Gasteiger partial charge < -0.3 is 4.90 Å². The van der Waals surface area contributed by atoms with E-state index in [1.807, 2.05) is 6.07 Å². The first-order chi connectivity index (χ1) is 7.20. The van der Waals surface area contributed by atoms with Crippen LogP contribution < -0.4 is 4.90 Å². The quantitative estimate of drug-likeness (QED) is 0.681. The van der Waals surface area contributed by atoms with Gasteiger partial charge in [0.2, 0.25) is 0 Å². The first-order valence-corrected chi connectivity index (χ1v) is 4.93. The maximum absolute atomic E-state index is 11.9. The standard InChI is InChI=1S/C11H7ClN2O/c1-14-10-7(12)2-3-8-9(10)6(11(14)15)4-5-13-8/h2-5H,1H3. The summed E-state index contributed by atoms with van der Waals surface area (Å²) < 4.78 is 0. The molecule has 1 amide bonds. The van der Waals surface area contributed by atoms with E-state index >= 15 is 0 Å². The summed E-state index contributed by atoms with van der Waals surface area (Å²) in [6.07, 6.45) is 1.65. The Labute approximate surface area is 91.3 Å². The van der Waals surface area contributed by atoms with Gasteiger partial charge in [-0.05, 0) is 18.2 Å². The topological polar surface area (TPSA) is 33.2 Å². The molecule has 0 atom stereocenters. The lowest BCUT2D eigenvalue weighted by Crippen LogP contribution is -2.20. The molecule has 0 unspecified atom stereocenters. The number of anilines is 1. The van der Waals surface area contributed by atoms with E-state index in [-0.39, 0.29) is 5.91 Å². The zero-order chi connectivity index (χ0) is 10.6. The molecule has 0 spiro atoms. The van der Waals surface area contributed by atoms with Crippen LogP contribution in [0.25, 0.3) is 10.9 Å². The van der Waals surface area contributed by atoms with E-state index in [1.165, 1.54) is 0 Å². The first kappa shape index (κ1) is 8.68. The Morgan fingerprint density at radius 2 is 2.13 bits per heavy atom. The van der Waals surface area contributed by atoms with Crippen molar-refractivity contribution in [3.05, 3.63) is 35.0 Å². The number of rotatable bonds is 0. The van der Waals surface area contributed by atoms with Crippen molar-refractivity contribution < 1.29 is 4.79 Å². The Kier molecular flexibility index (Phi) is 1.56. The minimum Gasteiger partial charge on any atom is -0.309 e. The second-order valence-electron chi connectivity index (χ2n) is 3.51. The van der Waals surface area contributed by atoms with Gasteiger partial charge in [0, 0.05) is 18.6 Å². The fraction of sp³-hybridized carbons (Fsp3) is 0.0909. The average Bonchev–Trinajstić information content (AvgIpc) is 2.50. The van der Waals surface area contributed by atoms with Crippen molar-refractivity contribution in [3.63, 3.8) is 0 Å². The molecule has 74 valence electrons. The zero-order valence-electron chi connectivity index (χ0n) is 7.99. The van der Waals surface area contributed by atoms with Gasteiger partial charge >= 0.3 is 0 Å². The first-order valence-electron chi connectivity index (χ1n) is 4.55. The van der Waals surface area contributed by atoms with Crippen molar-refractivity contribution in [3.8, 4) is 0 Å². The van der Waals surface area contributed by atoms with Crippen LogP contribution in [0.5, 0.6) is 0 Å². The molecule has 0 radical (unpaired) electrons. The van der Waals surface area contributed by atoms with Crippen molar-refractivity contribution in [2.45, 2.75) is 0 Å². The van der Waals surface area contributed by atoms with Gasteiger partial charge in [0.05, 0.1) is 21.8 Å². The molecule has 3 nitrogen and oxygen atoms in total. The third-order valence-electron chi connectivity index (χ3n) is 2.70. The predicted octanol–water partition coefficient (Wildman–Crippen LogP) is 2.48. The minimum absolute atomic E-state index is 0.0227. The molecule has 0 saturated heterocycles. The Balaban J connectivity index is 2.57. The van der Waals surface area contributed by atoms with Gasteiger partial charge in [-0.1, -0.05) is 11.6 Å². The number of benzene rings is 1.